The van der Waals surface area contributed by atoms with Crippen molar-refractivity contribution in [1.82, 2.24) is 9.88 Å². The van der Waals surface area contributed by atoms with Crippen molar-refractivity contribution in [2.75, 3.05) is 25.4 Å². The molecule has 2 heterocycles. The SMILES string of the molecule is Cc1cc(C(=O)CN2CCSC(C)(C)C2)c(C)[nH]1. The number of carbonyl (C=O) groups excluding carboxylic acids is 1. The Morgan fingerprint density at radius 2 is 2.22 bits per heavy atom. The van der Waals surface area contributed by atoms with Gasteiger partial charge in [0, 0.05) is 40.5 Å². The van der Waals surface area contributed by atoms with Crippen LogP contribution in [0.1, 0.15) is 35.6 Å². The Bertz CT molecular complexity index is 451. The third kappa shape index (κ3) is 3.18. The van der Waals surface area contributed by atoms with E-state index in [-0.39, 0.29) is 10.5 Å². The fourth-order valence-electron chi connectivity index (χ4n) is 2.55. The molecule has 1 aliphatic rings. The molecule has 0 radical (unpaired) electrons. The number of thioether (sulfide) groups is 1. The van der Waals surface area contributed by atoms with Gasteiger partial charge >= 0.3 is 0 Å². The minimum absolute atomic E-state index is 0.236. The average Bonchev–Trinajstić information content (AvgIpc) is 2.56. The van der Waals surface area contributed by atoms with E-state index in [0.717, 1.165) is 35.8 Å². The second-order valence-electron chi connectivity index (χ2n) is 5.73. The zero-order valence-corrected chi connectivity index (χ0v) is 12.5. The van der Waals surface area contributed by atoms with E-state index in [2.05, 4.69) is 23.7 Å². The fourth-order valence-corrected chi connectivity index (χ4v) is 3.73. The molecule has 0 spiro atoms. The highest BCUT2D eigenvalue weighted by atomic mass is 32.2. The number of nitrogens with zero attached hydrogens (tertiary/aromatic N) is 1. The Balaban J connectivity index is 2.01. The molecule has 0 unspecified atom stereocenters. The first kappa shape index (κ1) is 13.7. The summed E-state index contributed by atoms with van der Waals surface area (Å²) in [7, 11) is 0. The minimum atomic E-state index is 0.236. The molecule has 1 aromatic heterocycles. The monoisotopic (exact) mass is 266 g/mol. The van der Waals surface area contributed by atoms with Gasteiger partial charge in [0.2, 0.25) is 0 Å². The van der Waals surface area contributed by atoms with E-state index in [9.17, 15) is 4.79 Å². The summed E-state index contributed by atoms with van der Waals surface area (Å²) in [6, 6.07) is 1.96. The highest BCUT2D eigenvalue weighted by Crippen LogP contribution is 2.29. The molecule has 4 heteroatoms. The van der Waals surface area contributed by atoms with Crippen molar-refractivity contribution in [3.63, 3.8) is 0 Å². The lowest BCUT2D eigenvalue weighted by molar-refractivity contribution is 0.0927. The molecule has 100 valence electrons. The van der Waals surface area contributed by atoms with Crippen molar-refractivity contribution < 1.29 is 4.79 Å². The molecule has 0 bridgehead atoms. The summed E-state index contributed by atoms with van der Waals surface area (Å²) < 4.78 is 0.266. The molecule has 0 aromatic carbocycles. The van der Waals surface area contributed by atoms with Crippen molar-refractivity contribution >= 4 is 17.5 Å². The lowest BCUT2D eigenvalue weighted by Crippen LogP contribution is -2.45. The van der Waals surface area contributed by atoms with E-state index in [0.29, 0.717) is 6.54 Å². The molecule has 1 aliphatic heterocycles. The van der Waals surface area contributed by atoms with E-state index >= 15 is 0 Å². The van der Waals surface area contributed by atoms with E-state index in [1.165, 1.54) is 0 Å². The van der Waals surface area contributed by atoms with Crippen LogP contribution in [0.4, 0.5) is 0 Å². The van der Waals surface area contributed by atoms with Gasteiger partial charge < -0.3 is 4.98 Å². The van der Waals surface area contributed by atoms with Crippen molar-refractivity contribution in [3.05, 3.63) is 23.0 Å². The van der Waals surface area contributed by atoms with Crippen molar-refractivity contribution in [1.29, 1.82) is 0 Å². The second kappa shape index (κ2) is 5.10. The third-order valence-corrected chi connectivity index (χ3v) is 4.62. The number of H-pyrrole nitrogens is 1. The van der Waals surface area contributed by atoms with E-state index in [4.69, 9.17) is 0 Å². The largest absolute Gasteiger partial charge is 0.362 e. The second-order valence-corrected chi connectivity index (χ2v) is 7.54. The summed E-state index contributed by atoms with van der Waals surface area (Å²) in [5, 5.41) is 0. The molecule has 0 aliphatic carbocycles. The molecule has 1 fully saturated rings. The molecule has 1 aromatic rings. The standard InChI is InChI=1S/C14H22N2OS/c1-10-7-12(11(2)15-10)13(17)8-16-5-6-18-14(3,4)9-16/h7,15H,5-6,8-9H2,1-4H3. The van der Waals surface area contributed by atoms with Gasteiger partial charge in [-0.2, -0.15) is 11.8 Å². The molecule has 3 nitrogen and oxygen atoms in total. The summed E-state index contributed by atoms with van der Waals surface area (Å²) in [6.45, 7) is 11.0. The molecular weight excluding hydrogens is 244 g/mol. The summed E-state index contributed by atoms with van der Waals surface area (Å²) >= 11 is 2.00. The van der Waals surface area contributed by atoms with E-state index < -0.39 is 0 Å². The molecule has 0 saturated carbocycles. The number of hydrogen-bond acceptors (Lipinski definition) is 3. The first-order chi connectivity index (χ1) is 8.37. The Hall–Kier alpha value is -0.740. The van der Waals surface area contributed by atoms with Gasteiger partial charge in [-0.25, -0.2) is 0 Å². The number of nitrogens with one attached hydrogen (secondary N) is 1. The zero-order valence-electron chi connectivity index (χ0n) is 11.7. The zero-order chi connectivity index (χ0) is 13.3. The normalized spacial score (nSPS) is 20.0. The predicted octanol–water partition coefficient (Wildman–Crippen LogP) is 2.64. The van der Waals surface area contributed by atoms with E-state index in [1.807, 2.05) is 31.7 Å². The van der Waals surface area contributed by atoms with Crippen LogP contribution in [0.25, 0.3) is 0 Å². The lowest BCUT2D eigenvalue weighted by Gasteiger charge is -2.37. The van der Waals surface area contributed by atoms with Crippen LogP contribution in [0.15, 0.2) is 6.07 Å². The number of aromatic amines is 1. The number of aryl methyl sites for hydroxylation is 2. The lowest BCUT2D eigenvalue weighted by atomic mass is 10.1. The first-order valence-electron chi connectivity index (χ1n) is 6.43. The fraction of sp³-hybridized carbons (Fsp3) is 0.643. The average molecular weight is 266 g/mol. The molecular formula is C14H22N2OS. The van der Waals surface area contributed by atoms with Gasteiger partial charge in [-0.15, -0.1) is 0 Å². The van der Waals surface area contributed by atoms with Gasteiger partial charge in [0.05, 0.1) is 6.54 Å². The van der Waals surface area contributed by atoms with Gasteiger partial charge in [-0.1, -0.05) is 0 Å². The van der Waals surface area contributed by atoms with Crippen LogP contribution in [-0.4, -0.2) is 45.8 Å². The summed E-state index contributed by atoms with van der Waals surface area (Å²) in [5.74, 6) is 1.35. The molecule has 1 saturated heterocycles. The van der Waals surface area contributed by atoms with Gasteiger partial charge in [-0.3, -0.25) is 9.69 Å². The maximum atomic E-state index is 12.3. The minimum Gasteiger partial charge on any atom is -0.362 e. The van der Waals surface area contributed by atoms with Crippen LogP contribution in [0.2, 0.25) is 0 Å². The topological polar surface area (TPSA) is 36.1 Å². The van der Waals surface area contributed by atoms with E-state index in [1.54, 1.807) is 0 Å². The third-order valence-electron chi connectivity index (χ3n) is 3.32. The van der Waals surface area contributed by atoms with Gasteiger partial charge in [-0.05, 0) is 33.8 Å². The first-order valence-corrected chi connectivity index (χ1v) is 7.42. The Morgan fingerprint density at radius 3 is 2.78 bits per heavy atom. The van der Waals surface area contributed by atoms with Crippen molar-refractivity contribution in [2.24, 2.45) is 0 Å². The highest BCUT2D eigenvalue weighted by Gasteiger charge is 2.28. The Morgan fingerprint density at radius 1 is 1.50 bits per heavy atom. The summed E-state index contributed by atoms with van der Waals surface area (Å²) in [6.07, 6.45) is 0. The van der Waals surface area contributed by atoms with Crippen LogP contribution in [0, 0.1) is 13.8 Å². The number of aromatic nitrogens is 1. The summed E-state index contributed by atoms with van der Waals surface area (Å²) in [4.78, 5) is 17.8. The molecule has 0 amide bonds. The Labute approximate surface area is 113 Å². The number of ketones is 1. The van der Waals surface area contributed by atoms with Crippen LogP contribution >= 0.6 is 11.8 Å². The maximum absolute atomic E-state index is 12.3. The number of rotatable bonds is 3. The number of carbonyl (C=O) groups is 1. The smallest absolute Gasteiger partial charge is 0.178 e. The maximum Gasteiger partial charge on any atom is 0.178 e. The molecule has 18 heavy (non-hydrogen) atoms. The quantitative estimate of drug-likeness (QED) is 0.854. The van der Waals surface area contributed by atoms with Gasteiger partial charge in [0.1, 0.15) is 0 Å². The highest BCUT2D eigenvalue weighted by molar-refractivity contribution is 8.00. The number of Topliss-reactive ketones (excluding diaryl/α,β-unsaturated/α-hetero) is 1. The summed E-state index contributed by atoms with van der Waals surface area (Å²) in [5.41, 5.74) is 2.90. The molecule has 1 N–H and O–H groups in total. The van der Waals surface area contributed by atoms with Crippen LogP contribution in [0.5, 0.6) is 0 Å². The molecule has 0 atom stereocenters. The van der Waals surface area contributed by atoms with Crippen LogP contribution in [-0.2, 0) is 0 Å². The van der Waals surface area contributed by atoms with Crippen molar-refractivity contribution in [2.45, 2.75) is 32.4 Å². The molecule has 2 rings (SSSR count). The van der Waals surface area contributed by atoms with Crippen LogP contribution in [0.3, 0.4) is 0 Å². The van der Waals surface area contributed by atoms with Crippen LogP contribution < -0.4 is 0 Å². The van der Waals surface area contributed by atoms with Gasteiger partial charge in [0.15, 0.2) is 5.78 Å². The van der Waals surface area contributed by atoms with Crippen molar-refractivity contribution in [3.8, 4) is 0 Å². The number of hydrogen-bond donors (Lipinski definition) is 1. The Kier molecular flexibility index (Phi) is 3.87. The predicted molar refractivity (Wildman–Crippen MR) is 77.6 cm³/mol. The van der Waals surface area contributed by atoms with Gasteiger partial charge in [0.25, 0.3) is 0 Å².